The van der Waals surface area contributed by atoms with E-state index in [9.17, 15) is 9.90 Å². The van der Waals surface area contributed by atoms with Crippen molar-refractivity contribution in [2.45, 2.75) is 64.9 Å². The van der Waals surface area contributed by atoms with Gasteiger partial charge in [0, 0.05) is 6.42 Å². The Hall–Kier alpha value is -1.41. The quantitative estimate of drug-likeness (QED) is 0.719. The first kappa shape index (κ1) is 15.1. The van der Waals surface area contributed by atoms with Crippen LogP contribution in [0.3, 0.4) is 0 Å². The van der Waals surface area contributed by atoms with Gasteiger partial charge in [0.1, 0.15) is 5.60 Å². The van der Waals surface area contributed by atoms with Crippen molar-refractivity contribution in [3.05, 3.63) is 46.1 Å². The number of carbonyl (C=O) groups excluding carboxylic acids is 1. The summed E-state index contributed by atoms with van der Waals surface area (Å²) in [6.07, 6.45) is 11.4. The summed E-state index contributed by atoms with van der Waals surface area (Å²) >= 11 is 0. The lowest BCUT2D eigenvalue weighted by molar-refractivity contribution is -0.110. The van der Waals surface area contributed by atoms with Crippen LogP contribution < -0.4 is 0 Å². The Morgan fingerprint density at radius 2 is 2.04 bits per heavy atom. The summed E-state index contributed by atoms with van der Waals surface area (Å²) in [6, 6.07) is 0. The Morgan fingerprint density at radius 3 is 2.83 bits per heavy atom. The molecular weight excluding hydrogens is 284 g/mol. The van der Waals surface area contributed by atoms with Gasteiger partial charge in [-0.25, -0.2) is 0 Å². The van der Waals surface area contributed by atoms with E-state index in [1.165, 1.54) is 35.6 Å². The Labute approximate surface area is 138 Å². The second-order valence-corrected chi connectivity index (χ2v) is 8.43. The summed E-state index contributed by atoms with van der Waals surface area (Å²) in [6.45, 7) is 7.01. The van der Waals surface area contributed by atoms with Crippen molar-refractivity contribution < 1.29 is 9.90 Å². The number of rotatable bonds is 0. The fourth-order valence-electron chi connectivity index (χ4n) is 5.11. The van der Waals surface area contributed by atoms with Gasteiger partial charge in [-0.15, -0.1) is 0 Å². The van der Waals surface area contributed by atoms with Gasteiger partial charge in [0.25, 0.3) is 0 Å². The van der Waals surface area contributed by atoms with Gasteiger partial charge in [0.15, 0.2) is 5.78 Å². The van der Waals surface area contributed by atoms with Gasteiger partial charge < -0.3 is 5.11 Å². The van der Waals surface area contributed by atoms with E-state index in [2.05, 4.69) is 20.8 Å². The Bertz CT molecular complexity index is 714. The van der Waals surface area contributed by atoms with Gasteiger partial charge in [-0.1, -0.05) is 31.9 Å². The molecular formula is C21H26O2. The molecule has 0 aromatic carbocycles. The molecule has 4 aliphatic rings. The van der Waals surface area contributed by atoms with Crippen LogP contribution in [0.5, 0.6) is 0 Å². The normalized spacial score (nSPS) is 35.6. The minimum atomic E-state index is -0.954. The lowest BCUT2D eigenvalue weighted by Crippen LogP contribution is -2.30. The maximum Gasteiger partial charge on any atom is 0.178 e. The Balaban J connectivity index is 1.94. The average molecular weight is 310 g/mol. The molecule has 4 aliphatic carbocycles. The standard InChI is InChI=1S/C21H26O2/c1-13-6-7-17-15(5-4-9-20(17,2)3)19-16(13)12-21(23)10-8-14(22)11-18(19)21/h8,10-11,13,23H,4-7,9,12H2,1-3H3/t13-,21+/m1/s1. The van der Waals surface area contributed by atoms with E-state index in [1.54, 1.807) is 17.7 Å². The molecule has 2 nitrogen and oxygen atoms in total. The molecule has 2 atom stereocenters. The first-order valence-electron chi connectivity index (χ1n) is 8.96. The van der Waals surface area contributed by atoms with Crippen LogP contribution in [0.15, 0.2) is 46.1 Å². The molecule has 0 radical (unpaired) electrons. The second-order valence-electron chi connectivity index (χ2n) is 8.43. The fourth-order valence-corrected chi connectivity index (χ4v) is 5.11. The summed E-state index contributed by atoms with van der Waals surface area (Å²) in [4.78, 5) is 12.0. The number of hydrogen-bond acceptors (Lipinski definition) is 2. The third kappa shape index (κ3) is 2.15. The highest BCUT2D eigenvalue weighted by Gasteiger charge is 2.46. The highest BCUT2D eigenvalue weighted by molar-refractivity contribution is 6.02. The van der Waals surface area contributed by atoms with Crippen LogP contribution in [-0.2, 0) is 4.79 Å². The molecule has 23 heavy (non-hydrogen) atoms. The van der Waals surface area contributed by atoms with Gasteiger partial charge in [-0.05, 0) is 78.4 Å². The van der Waals surface area contributed by atoms with Gasteiger partial charge in [0.05, 0.1) is 0 Å². The predicted octanol–water partition coefficient (Wildman–Crippen LogP) is 4.42. The molecule has 0 aliphatic heterocycles. The number of carbonyl (C=O) groups is 1. The molecule has 0 aromatic heterocycles. The van der Waals surface area contributed by atoms with Crippen molar-refractivity contribution >= 4 is 5.78 Å². The number of fused-ring (bicyclic) bond motifs is 3. The molecule has 4 rings (SSSR count). The van der Waals surface area contributed by atoms with Gasteiger partial charge in [-0.2, -0.15) is 0 Å². The summed E-state index contributed by atoms with van der Waals surface area (Å²) in [5.74, 6) is 0.484. The molecule has 0 saturated heterocycles. The Morgan fingerprint density at radius 1 is 1.26 bits per heavy atom. The first-order valence-corrected chi connectivity index (χ1v) is 8.96. The summed E-state index contributed by atoms with van der Waals surface area (Å²) in [7, 11) is 0. The molecule has 0 amide bonds. The minimum absolute atomic E-state index is 0.00699. The first-order chi connectivity index (χ1) is 10.8. The molecule has 0 bridgehead atoms. The van der Waals surface area contributed by atoms with Crippen LogP contribution in [0.2, 0.25) is 0 Å². The van der Waals surface area contributed by atoms with E-state index in [4.69, 9.17) is 0 Å². The molecule has 0 aromatic rings. The van der Waals surface area contributed by atoms with Gasteiger partial charge in [-0.3, -0.25) is 4.79 Å². The molecule has 0 heterocycles. The lowest BCUT2D eigenvalue weighted by atomic mass is 9.69. The molecule has 1 N–H and O–H groups in total. The largest absolute Gasteiger partial charge is 0.381 e. The third-order valence-electron chi connectivity index (χ3n) is 6.46. The van der Waals surface area contributed by atoms with Crippen molar-refractivity contribution in [1.82, 2.24) is 0 Å². The average Bonchev–Trinajstić information content (AvgIpc) is 2.70. The number of allylic oxidation sites excluding steroid dienone is 4. The SMILES string of the molecule is C[C@@H]1CCC2=C(CCCC2(C)C)C2=C1C[C@@]1(O)C=CC(=O)C=C21. The third-order valence-corrected chi connectivity index (χ3v) is 6.46. The van der Waals surface area contributed by atoms with Crippen molar-refractivity contribution in [1.29, 1.82) is 0 Å². The molecule has 0 fully saturated rings. The van der Waals surface area contributed by atoms with E-state index in [0.29, 0.717) is 12.3 Å². The van der Waals surface area contributed by atoms with E-state index >= 15 is 0 Å². The highest BCUT2D eigenvalue weighted by atomic mass is 16.3. The maximum atomic E-state index is 12.0. The maximum absolute atomic E-state index is 12.0. The van der Waals surface area contributed by atoms with Crippen LogP contribution in [0, 0.1) is 11.3 Å². The van der Waals surface area contributed by atoms with Crippen molar-refractivity contribution in [3.63, 3.8) is 0 Å². The van der Waals surface area contributed by atoms with Crippen molar-refractivity contribution in [3.8, 4) is 0 Å². The molecule has 0 saturated carbocycles. The number of ketones is 1. The van der Waals surface area contributed by atoms with E-state index in [0.717, 1.165) is 24.8 Å². The zero-order chi connectivity index (χ0) is 16.4. The van der Waals surface area contributed by atoms with Crippen LogP contribution in [0.4, 0.5) is 0 Å². The summed E-state index contributed by atoms with van der Waals surface area (Å²) in [5, 5.41) is 11.1. The molecule has 0 unspecified atom stereocenters. The Kier molecular flexibility index (Phi) is 3.16. The topological polar surface area (TPSA) is 37.3 Å². The highest BCUT2D eigenvalue weighted by Crippen LogP contribution is 2.56. The van der Waals surface area contributed by atoms with Crippen molar-refractivity contribution in [2.75, 3.05) is 0 Å². The molecule has 0 spiro atoms. The summed E-state index contributed by atoms with van der Waals surface area (Å²) < 4.78 is 0. The van der Waals surface area contributed by atoms with Gasteiger partial charge in [0.2, 0.25) is 0 Å². The number of hydrogen-bond donors (Lipinski definition) is 1. The molecule has 122 valence electrons. The van der Waals surface area contributed by atoms with Crippen LogP contribution >= 0.6 is 0 Å². The smallest absolute Gasteiger partial charge is 0.178 e. The van der Waals surface area contributed by atoms with Crippen molar-refractivity contribution in [2.24, 2.45) is 11.3 Å². The molecule has 2 heteroatoms. The second kappa shape index (κ2) is 4.80. The fraction of sp³-hybridized carbons (Fsp3) is 0.571. The van der Waals surface area contributed by atoms with E-state index < -0.39 is 5.60 Å². The van der Waals surface area contributed by atoms with Crippen LogP contribution in [0.1, 0.15) is 59.3 Å². The zero-order valence-corrected chi connectivity index (χ0v) is 14.4. The zero-order valence-electron chi connectivity index (χ0n) is 14.4. The lowest BCUT2D eigenvalue weighted by Gasteiger charge is -2.37. The summed E-state index contributed by atoms with van der Waals surface area (Å²) in [5.41, 5.74) is 5.81. The van der Waals surface area contributed by atoms with Crippen LogP contribution in [0.25, 0.3) is 0 Å². The van der Waals surface area contributed by atoms with E-state index in [1.807, 2.05) is 0 Å². The minimum Gasteiger partial charge on any atom is -0.381 e. The van der Waals surface area contributed by atoms with E-state index in [-0.39, 0.29) is 11.2 Å². The predicted molar refractivity (Wildman–Crippen MR) is 91.9 cm³/mol. The van der Waals surface area contributed by atoms with Crippen LogP contribution in [-0.4, -0.2) is 16.5 Å². The number of aliphatic hydroxyl groups is 1. The monoisotopic (exact) mass is 310 g/mol. The van der Waals surface area contributed by atoms with Gasteiger partial charge >= 0.3 is 0 Å².